The summed E-state index contributed by atoms with van der Waals surface area (Å²) in [6.45, 7) is 4.18. The number of rotatable bonds is 3. The molecule has 0 aliphatic carbocycles. The Kier molecular flexibility index (Phi) is 5.42. The highest BCUT2D eigenvalue weighted by atomic mass is 16.2. The highest BCUT2D eigenvalue weighted by molar-refractivity contribution is 5.93. The second-order valence-corrected chi connectivity index (χ2v) is 7.60. The van der Waals surface area contributed by atoms with Gasteiger partial charge in [0, 0.05) is 57.5 Å². The maximum absolute atomic E-state index is 12.6. The first-order valence-corrected chi connectivity index (χ1v) is 10.1. The van der Waals surface area contributed by atoms with Crippen molar-refractivity contribution >= 4 is 17.6 Å². The van der Waals surface area contributed by atoms with E-state index in [1.165, 1.54) is 0 Å². The lowest BCUT2D eigenvalue weighted by molar-refractivity contribution is -0.129. The topological polar surface area (TPSA) is 91.3 Å². The first-order valence-electron chi connectivity index (χ1n) is 10.1. The van der Waals surface area contributed by atoms with E-state index in [2.05, 4.69) is 10.3 Å². The van der Waals surface area contributed by atoms with Gasteiger partial charge < -0.3 is 15.1 Å². The lowest BCUT2D eigenvalue weighted by atomic mass is 9.94. The molecule has 8 heteroatoms. The summed E-state index contributed by atoms with van der Waals surface area (Å²) in [7, 11) is 1.87. The summed E-state index contributed by atoms with van der Waals surface area (Å²) < 4.78 is 0. The predicted molar refractivity (Wildman–Crippen MR) is 108 cm³/mol. The number of carbonyl (C=O) groups is 2. The molecule has 2 aliphatic heterocycles. The molecule has 4 rings (SSSR count). The summed E-state index contributed by atoms with van der Waals surface area (Å²) in [5, 5.41) is 3.20. The number of aromatic nitrogens is 3. The van der Waals surface area contributed by atoms with Crippen LogP contribution < -0.4 is 5.32 Å². The van der Waals surface area contributed by atoms with Gasteiger partial charge in [0.15, 0.2) is 0 Å². The lowest BCUT2D eigenvalue weighted by Crippen LogP contribution is -2.39. The average Bonchev–Trinajstić information content (AvgIpc) is 2.78. The van der Waals surface area contributed by atoms with Gasteiger partial charge in [0.05, 0.1) is 17.8 Å². The number of nitrogens with zero attached hydrogens (tertiary/aromatic N) is 5. The summed E-state index contributed by atoms with van der Waals surface area (Å²) in [5.41, 5.74) is 2.67. The zero-order valence-corrected chi connectivity index (χ0v) is 16.9. The molecule has 2 aromatic rings. The molecule has 2 amide bonds. The van der Waals surface area contributed by atoms with Crippen LogP contribution in [-0.2, 0) is 17.8 Å². The van der Waals surface area contributed by atoms with E-state index in [1.54, 1.807) is 31.5 Å². The molecule has 0 atom stereocenters. The Hall–Kier alpha value is -3.03. The van der Waals surface area contributed by atoms with Crippen molar-refractivity contribution in [2.45, 2.75) is 38.6 Å². The minimum atomic E-state index is 0.0240. The summed E-state index contributed by atoms with van der Waals surface area (Å²) in [5.74, 6) is 1.98. The Labute approximate surface area is 170 Å². The van der Waals surface area contributed by atoms with Gasteiger partial charge in [0.25, 0.3) is 5.91 Å². The summed E-state index contributed by atoms with van der Waals surface area (Å²) in [4.78, 5) is 41.8. The van der Waals surface area contributed by atoms with Crippen molar-refractivity contribution in [1.29, 1.82) is 0 Å². The second-order valence-electron chi connectivity index (χ2n) is 7.60. The maximum Gasteiger partial charge on any atom is 0.255 e. The van der Waals surface area contributed by atoms with Gasteiger partial charge in [-0.15, -0.1) is 0 Å². The Morgan fingerprint density at radius 2 is 1.93 bits per heavy atom. The molecule has 4 heterocycles. The number of piperidine rings is 1. The van der Waals surface area contributed by atoms with E-state index in [1.807, 2.05) is 16.8 Å². The van der Waals surface area contributed by atoms with Crippen molar-refractivity contribution in [2.75, 3.05) is 32.0 Å². The molecule has 1 fully saturated rings. The summed E-state index contributed by atoms with van der Waals surface area (Å²) in [6, 6.07) is 3.58. The second kappa shape index (κ2) is 8.14. The number of likely N-dealkylation sites (tertiary alicyclic amines) is 1. The molecule has 152 valence electrons. The van der Waals surface area contributed by atoms with E-state index in [-0.39, 0.29) is 17.7 Å². The standard InChI is InChI=1S/C21H26N6O2/c1-14(28)27-11-7-17-18(13-27)24-19(25-20(17)22-2)15-5-9-26(10-6-15)21(29)16-4-3-8-23-12-16/h3-4,8,12,15H,5-7,9-11,13H2,1-2H3,(H,22,24,25). The third kappa shape index (κ3) is 3.92. The first kappa shape index (κ1) is 19.3. The molecule has 0 aromatic carbocycles. The van der Waals surface area contributed by atoms with Gasteiger partial charge in [-0.1, -0.05) is 0 Å². The number of fused-ring (bicyclic) bond motifs is 1. The number of carbonyl (C=O) groups excluding carboxylic acids is 2. The fraction of sp³-hybridized carbons (Fsp3) is 0.476. The van der Waals surface area contributed by atoms with Crippen molar-refractivity contribution in [1.82, 2.24) is 24.8 Å². The Bertz CT molecular complexity index is 909. The van der Waals surface area contributed by atoms with Crippen molar-refractivity contribution < 1.29 is 9.59 Å². The van der Waals surface area contributed by atoms with Crippen LogP contribution in [0.4, 0.5) is 5.82 Å². The summed E-state index contributed by atoms with van der Waals surface area (Å²) in [6.07, 6.45) is 5.70. The Balaban J connectivity index is 1.49. The molecule has 0 spiro atoms. The maximum atomic E-state index is 12.6. The normalized spacial score (nSPS) is 17.0. The monoisotopic (exact) mass is 394 g/mol. The molecule has 0 bridgehead atoms. The average molecular weight is 394 g/mol. The number of anilines is 1. The quantitative estimate of drug-likeness (QED) is 0.854. The highest BCUT2D eigenvalue weighted by Gasteiger charge is 2.29. The molecule has 1 N–H and O–H groups in total. The zero-order valence-electron chi connectivity index (χ0n) is 16.9. The van der Waals surface area contributed by atoms with Crippen LogP contribution in [0.5, 0.6) is 0 Å². The lowest BCUT2D eigenvalue weighted by Gasteiger charge is -2.33. The number of nitrogens with one attached hydrogen (secondary N) is 1. The first-order chi connectivity index (χ1) is 14.1. The van der Waals surface area contributed by atoms with E-state index >= 15 is 0 Å². The minimum absolute atomic E-state index is 0.0240. The van der Waals surface area contributed by atoms with Gasteiger partial charge in [-0.25, -0.2) is 9.97 Å². The minimum Gasteiger partial charge on any atom is -0.373 e. The fourth-order valence-corrected chi connectivity index (χ4v) is 4.12. The molecule has 2 aromatic heterocycles. The molecular weight excluding hydrogens is 368 g/mol. The SMILES string of the molecule is CNc1nc(C2CCN(C(=O)c3cccnc3)CC2)nc2c1CCN(C(C)=O)C2. The van der Waals surface area contributed by atoms with Crippen LogP contribution >= 0.6 is 0 Å². The number of amides is 2. The van der Waals surface area contributed by atoms with Crippen LogP contribution in [0.25, 0.3) is 0 Å². The van der Waals surface area contributed by atoms with Crippen molar-refractivity contribution in [3.63, 3.8) is 0 Å². The summed E-state index contributed by atoms with van der Waals surface area (Å²) >= 11 is 0. The Morgan fingerprint density at radius 1 is 1.14 bits per heavy atom. The van der Waals surface area contributed by atoms with Crippen LogP contribution in [0, 0.1) is 0 Å². The fourth-order valence-electron chi connectivity index (χ4n) is 4.12. The van der Waals surface area contributed by atoms with E-state index in [4.69, 9.17) is 9.97 Å². The van der Waals surface area contributed by atoms with Crippen LogP contribution in [0.3, 0.4) is 0 Å². The van der Waals surface area contributed by atoms with E-state index in [0.29, 0.717) is 31.7 Å². The number of hydrogen-bond acceptors (Lipinski definition) is 6. The number of pyridine rings is 1. The van der Waals surface area contributed by atoms with Gasteiger partial charge in [0.1, 0.15) is 11.6 Å². The van der Waals surface area contributed by atoms with Gasteiger partial charge in [0.2, 0.25) is 5.91 Å². The van der Waals surface area contributed by atoms with E-state index in [0.717, 1.165) is 42.2 Å². The molecule has 0 saturated carbocycles. The third-order valence-electron chi connectivity index (χ3n) is 5.82. The van der Waals surface area contributed by atoms with Crippen LogP contribution in [0.15, 0.2) is 24.5 Å². The predicted octanol–water partition coefficient (Wildman–Crippen LogP) is 1.84. The van der Waals surface area contributed by atoms with Crippen LogP contribution in [0.2, 0.25) is 0 Å². The third-order valence-corrected chi connectivity index (χ3v) is 5.82. The van der Waals surface area contributed by atoms with Crippen LogP contribution in [-0.4, -0.2) is 63.2 Å². The van der Waals surface area contributed by atoms with E-state index < -0.39 is 0 Å². The smallest absolute Gasteiger partial charge is 0.255 e. The van der Waals surface area contributed by atoms with Gasteiger partial charge in [-0.05, 0) is 31.4 Å². The molecular formula is C21H26N6O2. The van der Waals surface area contributed by atoms with Crippen molar-refractivity contribution in [3.8, 4) is 0 Å². The molecule has 1 saturated heterocycles. The largest absolute Gasteiger partial charge is 0.373 e. The molecule has 2 aliphatic rings. The van der Waals surface area contributed by atoms with E-state index in [9.17, 15) is 9.59 Å². The van der Waals surface area contributed by atoms with Gasteiger partial charge in [-0.3, -0.25) is 14.6 Å². The Morgan fingerprint density at radius 3 is 2.59 bits per heavy atom. The van der Waals surface area contributed by atoms with Crippen molar-refractivity contribution in [2.24, 2.45) is 0 Å². The highest BCUT2D eigenvalue weighted by Crippen LogP contribution is 2.30. The molecule has 0 unspecified atom stereocenters. The molecule has 8 nitrogen and oxygen atoms in total. The molecule has 0 radical (unpaired) electrons. The zero-order chi connectivity index (χ0) is 20.4. The van der Waals surface area contributed by atoms with Crippen molar-refractivity contribution in [3.05, 3.63) is 47.2 Å². The van der Waals surface area contributed by atoms with Gasteiger partial charge >= 0.3 is 0 Å². The molecule has 29 heavy (non-hydrogen) atoms. The van der Waals surface area contributed by atoms with Gasteiger partial charge in [-0.2, -0.15) is 0 Å². The number of hydrogen-bond donors (Lipinski definition) is 1. The van der Waals surface area contributed by atoms with Crippen LogP contribution in [0.1, 0.15) is 53.1 Å².